The summed E-state index contributed by atoms with van der Waals surface area (Å²) < 4.78 is 2.40. The number of fused-ring (bicyclic) bond motifs is 5. The molecule has 10 rings (SSSR count). The third-order valence-electron chi connectivity index (χ3n) is 9.82. The Hall–Kier alpha value is -5.83. The van der Waals surface area contributed by atoms with Gasteiger partial charge in [-0.15, -0.1) is 0 Å². The molecule has 1 aliphatic rings. The maximum atomic E-state index is 2.40. The first kappa shape index (κ1) is 27.3. The molecule has 8 aromatic carbocycles. The third kappa shape index (κ3) is 4.13. The molecule has 0 atom stereocenters. The summed E-state index contributed by atoms with van der Waals surface area (Å²) >= 11 is 1.88. The van der Waals surface area contributed by atoms with Crippen molar-refractivity contribution >= 4 is 44.3 Å². The molecule has 224 valence electrons. The van der Waals surface area contributed by atoms with E-state index in [1.165, 1.54) is 92.6 Å². The lowest BCUT2D eigenvalue weighted by atomic mass is 9.87. The van der Waals surface area contributed by atoms with Crippen LogP contribution in [0.1, 0.15) is 0 Å². The molecule has 1 aromatic heterocycles. The van der Waals surface area contributed by atoms with Gasteiger partial charge in [0.2, 0.25) is 0 Å². The fraction of sp³-hybridized carbons (Fsp3) is 0. The summed E-state index contributed by atoms with van der Waals surface area (Å²) in [6, 6.07) is 64.4. The standard InChI is InChI=1S/C46H29NS/c1-3-13-30(14-4-1)31-25-27-43-40(29-31)38-21-11-20-37-35(26-28-44(48-43)46(37)38)33-17-7-8-18-34(33)36-22-12-24-42-45(36)39-19-9-10-23-41(39)47(42)32-15-5-2-6-16-32/h1-29H. The van der Waals surface area contributed by atoms with Crippen LogP contribution in [-0.4, -0.2) is 4.57 Å². The molecule has 0 N–H and O–H groups in total. The molecule has 0 bridgehead atoms. The normalized spacial score (nSPS) is 12.1. The Kier molecular flexibility index (Phi) is 6.18. The van der Waals surface area contributed by atoms with E-state index in [4.69, 9.17) is 0 Å². The summed E-state index contributed by atoms with van der Waals surface area (Å²) in [5.41, 5.74) is 13.7. The highest BCUT2D eigenvalue weighted by Crippen LogP contribution is 2.51. The maximum Gasteiger partial charge on any atom is 0.0547 e. The summed E-state index contributed by atoms with van der Waals surface area (Å²) in [6.07, 6.45) is 0. The molecule has 48 heavy (non-hydrogen) atoms. The molecule has 2 heteroatoms. The number of hydrogen-bond acceptors (Lipinski definition) is 1. The van der Waals surface area contributed by atoms with Crippen LogP contribution in [0.25, 0.3) is 82.8 Å². The second kappa shape index (κ2) is 10.9. The predicted molar refractivity (Wildman–Crippen MR) is 204 cm³/mol. The first-order chi connectivity index (χ1) is 23.8. The van der Waals surface area contributed by atoms with Crippen LogP contribution in [-0.2, 0) is 0 Å². The van der Waals surface area contributed by atoms with Crippen LogP contribution in [0.3, 0.4) is 0 Å². The molecule has 1 aliphatic heterocycles. The average molecular weight is 628 g/mol. The van der Waals surface area contributed by atoms with Crippen molar-refractivity contribution in [2.24, 2.45) is 0 Å². The molecular weight excluding hydrogens is 599 g/mol. The number of hydrogen-bond donors (Lipinski definition) is 0. The molecule has 0 saturated heterocycles. The highest BCUT2D eigenvalue weighted by Gasteiger charge is 2.23. The quantitative estimate of drug-likeness (QED) is 0.188. The summed E-state index contributed by atoms with van der Waals surface area (Å²) in [6.45, 7) is 0. The SMILES string of the molecule is c1ccc(-c2ccc3c(c2)-c2cccc4c(-c5ccccc5-c5cccc6c5c5ccccc5n6-c5ccccc5)ccc(c24)S3)cc1. The van der Waals surface area contributed by atoms with E-state index < -0.39 is 0 Å². The van der Waals surface area contributed by atoms with Crippen molar-refractivity contribution in [3.05, 3.63) is 176 Å². The van der Waals surface area contributed by atoms with Crippen LogP contribution in [0.4, 0.5) is 0 Å². The summed E-state index contributed by atoms with van der Waals surface area (Å²) in [7, 11) is 0. The maximum absolute atomic E-state index is 2.40. The van der Waals surface area contributed by atoms with Crippen LogP contribution in [0.5, 0.6) is 0 Å². The van der Waals surface area contributed by atoms with Crippen LogP contribution in [0.2, 0.25) is 0 Å². The van der Waals surface area contributed by atoms with Crippen molar-refractivity contribution in [3.63, 3.8) is 0 Å². The highest BCUT2D eigenvalue weighted by atomic mass is 32.2. The zero-order valence-corrected chi connectivity index (χ0v) is 26.9. The van der Waals surface area contributed by atoms with E-state index in [9.17, 15) is 0 Å². The van der Waals surface area contributed by atoms with Crippen molar-refractivity contribution in [2.75, 3.05) is 0 Å². The number of rotatable bonds is 4. The van der Waals surface area contributed by atoms with Gasteiger partial charge in [0.15, 0.2) is 0 Å². The third-order valence-corrected chi connectivity index (χ3v) is 11.0. The second-order valence-electron chi connectivity index (χ2n) is 12.5. The van der Waals surface area contributed by atoms with Gasteiger partial charge in [0.05, 0.1) is 11.0 Å². The number of para-hydroxylation sites is 2. The van der Waals surface area contributed by atoms with E-state index in [-0.39, 0.29) is 0 Å². The van der Waals surface area contributed by atoms with E-state index in [0.29, 0.717) is 0 Å². The Balaban J connectivity index is 1.20. The Labute approximate surface area is 283 Å². The van der Waals surface area contributed by atoms with Gasteiger partial charge in [0, 0.05) is 31.6 Å². The largest absolute Gasteiger partial charge is 0.309 e. The fourth-order valence-electron chi connectivity index (χ4n) is 7.73. The number of aromatic nitrogens is 1. The average Bonchev–Trinajstić information content (AvgIpc) is 3.50. The smallest absolute Gasteiger partial charge is 0.0547 e. The highest BCUT2D eigenvalue weighted by molar-refractivity contribution is 7.99. The Morgan fingerprint density at radius 1 is 0.333 bits per heavy atom. The molecule has 0 saturated carbocycles. The van der Waals surface area contributed by atoms with Gasteiger partial charge in [0.1, 0.15) is 0 Å². The van der Waals surface area contributed by atoms with E-state index >= 15 is 0 Å². The summed E-state index contributed by atoms with van der Waals surface area (Å²) in [5.74, 6) is 0. The monoisotopic (exact) mass is 627 g/mol. The Morgan fingerprint density at radius 2 is 0.938 bits per heavy atom. The van der Waals surface area contributed by atoms with Gasteiger partial charge in [-0.2, -0.15) is 0 Å². The van der Waals surface area contributed by atoms with Gasteiger partial charge < -0.3 is 4.57 Å². The van der Waals surface area contributed by atoms with Gasteiger partial charge in [-0.25, -0.2) is 0 Å². The lowest BCUT2D eigenvalue weighted by Gasteiger charge is -2.23. The molecule has 0 spiro atoms. The van der Waals surface area contributed by atoms with E-state index in [0.717, 1.165) is 0 Å². The first-order valence-corrected chi connectivity index (χ1v) is 17.3. The zero-order chi connectivity index (χ0) is 31.6. The fourth-order valence-corrected chi connectivity index (χ4v) is 8.84. The van der Waals surface area contributed by atoms with Crippen LogP contribution in [0, 0.1) is 0 Å². The Bertz CT molecular complexity index is 2690. The van der Waals surface area contributed by atoms with Crippen molar-refractivity contribution in [2.45, 2.75) is 9.79 Å². The molecule has 0 unspecified atom stereocenters. The van der Waals surface area contributed by atoms with Crippen molar-refractivity contribution in [1.82, 2.24) is 4.57 Å². The molecular formula is C46H29NS. The van der Waals surface area contributed by atoms with Crippen molar-refractivity contribution in [3.8, 4) is 50.2 Å². The van der Waals surface area contributed by atoms with Crippen molar-refractivity contribution in [1.29, 1.82) is 0 Å². The molecule has 0 radical (unpaired) electrons. The van der Waals surface area contributed by atoms with E-state index in [1.807, 2.05) is 11.8 Å². The van der Waals surface area contributed by atoms with Crippen LogP contribution < -0.4 is 0 Å². The lowest BCUT2D eigenvalue weighted by Crippen LogP contribution is -1.96. The lowest BCUT2D eigenvalue weighted by molar-refractivity contribution is 1.18. The van der Waals surface area contributed by atoms with Gasteiger partial charge in [-0.05, 0) is 92.4 Å². The number of nitrogens with zero attached hydrogens (tertiary/aromatic N) is 1. The van der Waals surface area contributed by atoms with Gasteiger partial charge in [0.25, 0.3) is 0 Å². The van der Waals surface area contributed by atoms with Gasteiger partial charge >= 0.3 is 0 Å². The Morgan fingerprint density at radius 3 is 1.77 bits per heavy atom. The minimum absolute atomic E-state index is 1.17. The second-order valence-corrected chi connectivity index (χ2v) is 13.5. The summed E-state index contributed by atoms with van der Waals surface area (Å²) in [5, 5.41) is 5.18. The van der Waals surface area contributed by atoms with Crippen LogP contribution in [0.15, 0.2) is 186 Å². The van der Waals surface area contributed by atoms with Crippen molar-refractivity contribution < 1.29 is 0 Å². The predicted octanol–water partition coefficient (Wildman–Crippen LogP) is 13.1. The van der Waals surface area contributed by atoms with Crippen LogP contribution >= 0.6 is 11.8 Å². The molecule has 1 nitrogen and oxygen atoms in total. The molecule has 0 aliphatic carbocycles. The summed E-state index contributed by atoms with van der Waals surface area (Å²) in [4.78, 5) is 2.62. The van der Waals surface area contributed by atoms with Gasteiger partial charge in [-0.1, -0.05) is 145 Å². The minimum atomic E-state index is 1.17. The molecule has 9 aromatic rings. The topological polar surface area (TPSA) is 4.93 Å². The molecule has 0 amide bonds. The van der Waals surface area contributed by atoms with E-state index in [1.54, 1.807) is 0 Å². The minimum Gasteiger partial charge on any atom is -0.309 e. The van der Waals surface area contributed by atoms with Gasteiger partial charge in [-0.3, -0.25) is 0 Å². The molecule has 2 heterocycles. The zero-order valence-electron chi connectivity index (χ0n) is 26.1. The molecule has 0 fully saturated rings. The van der Waals surface area contributed by atoms with E-state index in [2.05, 4.69) is 180 Å². The number of benzene rings is 8. The first-order valence-electron chi connectivity index (χ1n) is 16.4.